The molecule has 1 aliphatic rings. The molecule has 16 heavy (non-hydrogen) atoms. The van der Waals surface area contributed by atoms with Crippen LogP contribution in [-0.4, -0.2) is 48.6 Å². The first kappa shape index (κ1) is 12.9. The van der Waals surface area contributed by atoms with E-state index in [-0.39, 0.29) is 18.6 Å². The fraction of sp³-hybridized carbons (Fsp3) is 0.800. The van der Waals surface area contributed by atoms with Crippen molar-refractivity contribution in [2.45, 2.75) is 31.8 Å². The van der Waals surface area contributed by atoms with Gasteiger partial charge in [0.05, 0.1) is 13.2 Å². The van der Waals surface area contributed by atoms with E-state index in [2.05, 4.69) is 0 Å². The third-order valence-corrected chi connectivity index (χ3v) is 2.59. The molecule has 1 aliphatic heterocycles. The molecule has 0 aliphatic carbocycles. The number of carbonyl (C=O) groups is 2. The maximum Gasteiger partial charge on any atom is 0.242 e. The first-order chi connectivity index (χ1) is 7.52. The second-order valence-corrected chi connectivity index (χ2v) is 4.10. The summed E-state index contributed by atoms with van der Waals surface area (Å²) in [4.78, 5) is 24.4. The molecular weight excluding hydrogens is 210 g/mol. The molecule has 1 rings (SSSR count). The number of hydrogen-bond donors (Lipinski definition) is 2. The quantitative estimate of drug-likeness (QED) is 0.634. The normalized spacial score (nSPS) is 22.9. The van der Waals surface area contributed by atoms with Gasteiger partial charge in [0.15, 0.2) is 0 Å². The first-order valence-corrected chi connectivity index (χ1v) is 5.44. The van der Waals surface area contributed by atoms with Crippen LogP contribution in [0.5, 0.6) is 0 Å². The number of nitrogens with two attached hydrogens (primary N) is 2. The Kier molecular flexibility index (Phi) is 4.70. The smallest absolute Gasteiger partial charge is 0.242 e. The summed E-state index contributed by atoms with van der Waals surface area (Å²) in [5.41, 5.74) is 10.8. The molecule has 2 atom stereocenters. The maximum atomic E-state index is 11.8. The highest BCUT2D eigenvalue weighted by Crippen LogP contribution is 2.10. The Morgan fingerprint density at radius 1 is 1.56 bits per heavy atom. The maximum absolute atomic E-state index is 11.8. The number of ether oxygens (including phenoxy) is 1. The number of carbonyl (C=O) groups excluding carboxylic acids is 2. The van der Waals surface area contributed by atoms with Gasteiger partial charge in [-0.2, -0.15) is 0 Å². The predicted octanol–water partition coefficient (Wildman–Crippen LogP) is -1.17. The lowest BCUT2D eigenvalue weighted by atomic mass is 10.1. The largest absolute Gasteiger partial charge is 0.377 e. The van der Waals surface area contributed by atoms with Crippen LogP contribution in [0.1, 0.15) is 19.8 Å². The van der Waals surface area contributed by atoms with E-state index in [1.807, 2.05) is 6.92 Å². The number of primary amides is 1. The van der Waals surface area contributed by atoms with Crippen molar-refractivity contribution < 1.29 is 14.3 Å². The Labute approximate surface area is 94.9 Å². The van der Waals surface area contributed by atoms with Gasteiger partial charge in [-0.05, 0) is 13.3 Å². The van der Waals surface area contributed by atoms with Gasteiger partial charge in [-0.15, -0.1) is 0 Å². The molecule has 92 valence electrons. The van der Waals surface area contributed by atoms with E-state index in [1.165, 1.54) is 4.90 Å². The summed E-state index contributed by atoms with van der Waals surface area (Å²) in [6.45, 7) is 2.91. The summed E-state index contributed by atoms with van der Waals surface area (Å²) in [5, 5.41) is 0. The molecule has 4 N–H and O–H groups in total. The second kappa shape index (κ2) is 5.81. The molecule has 0 radical (unpaired) electrons. The SMILES string of the molecule is CC(N)CCC(=O)N1CCOCC1C(N)=O. The van der Waals surface area contributed by atoms with Crippen LogP contribution in [0.25, 0.3) is 0 Å². The zero-order valence-corrected chi connectivity index (χ0v) is 9.52. The van der Waals surface area contributed by atoms with Gasteiger partial charge in [0, 0.05) is 19.0 Å². The Morgan fingerprint density at radius 2 is 2.25 bits per heavy atom. The van der Waals surface area contributed by atoms with Crippen molar-refractivity contribution in [2.24, 2.45) is 11.5 Å². The van der Waals surface area contributed by atoms with E-state index in [9.17, 15) is 9.59 Å². The average molecular weight is 229 g/mol. The summed E-state index contributed by atoms with van der Waals surface area (Å²) < 4.78 is 5.13. The van der Waals surface area contributed by atoms with Crippen molar-refractivity contribution in [1.29, 1.82) is 0 Å². The minimum Gasteiger partial charge on any atom is -0.377 e. The first-order valence-electron chi connectivity index (χ1n) is 5.44. The Balaban J connectivity index is 2.54. The van der Waals surface area contributed by atoms with Gasteiger partial charge in [-0.1, -0.05) is 0 Å². The van der Waals surface area contributed by atoms with Gasteiger partial charge in [0.2, 0.25) is 11.8 Å². The lowest BCUT2D eigenvalue weighted by Crippen LogP contribution is -2.54. The molecule has 2 unspecified atom stereocenters. The molecule has 0 aromatic heterocycles. The zero-order valence-electron chi connectivity index (χ0n) is 9.52. The van der Waals surface area contributed by atoms with E-state index in [1.54, 1.807) is 0 Å². The van der Waals surface area contributed by atoms with E-state index >= 15 is 0 Å². The Hall–Kier alpha value is -1.14. The van der Waals surface area contributed by atoms with E-state index < -0.39 is 11.9 Å². The number of nitrogens with zero attached hydrogens (tertiary/aromatic N) is 1. The molecule has 0 aromatic carbocycles. The van der Waals surface area contributed by atoms with Crippen LogP contribution in [-0.2, 0) is 14.3 Å². The van der Waals surface area contributed by atoms with Crippen molar-refractivity contribution in [1.82, 2.24) is 4.90 Å². The molecule has 6 heteroatoms. The van der Waals surface area contributed by atoms with E-state index in [0.29, 0.717) is 26.0 Å². The van der Waals surface area contributed by atoms with Crippen LogP contribution in [0.4, 0.5) is 0 Å². The topological polar surface area (TPSA) is 98.7 Å². The molecule has 1 saturated heterocycles. The third kappa shape index (κ3) is 3.46. The molecule has 0 aromatic rings. The summed E-state index contributed by atoms with van der Waals surface area (Å²) in [5.74, 6) is -0.599. The number of morpholine rings is 1. The van der Waals surface area contributed by atoms with Crippen LogP contribution >= 0.6 is 0 Å². The highest BCUT2D eigenvalue weighted by atomic mass is 16.5. The average Bonchev–Trinajstić information content (AvgIpc) is 2.25. The van der Waals surface area contributed by atoms with Crippen molar-refractivity contribution in [3.8, 4) is 0 Å². The van der Waals surface area contributed by atoms with Gasteiger partial charge in [0.25, 0.3) is 0 Å². The lowest BCUT2D eigenvalue weighted by Gasteiger charge is -2.33. The molecule has 6 nitrogen and oxygen atoms in total. The monoisotopic (exact) mass is 229 g/mol. The third-order valence-electron chi connectivity index (χ3n) is 2.59. The predicted molar refractivity (Wildman–Crippen MR) is 58.4 cm³/mol. The molecular formula is C10H19N3O3. The van der Waals surface area contributed by atoms with Gasteiger partial charge >= 0.3 is 0 Å². The van der Waals surface area contributed by atoms with Gasteiger partial charge in [0.1, 0.15) is 6.04 Å². The number of amides is 2. The minimum absolute atomic E-state index is 0.0166. The van der Waals surface area contributed by atoms with E-state index in [4.69, 9.17) is 16.2 Å². The molecule has 0 saturated carbocycles. The van der Waals surface area contributed by atoms with Crippen molar-refractivity contribution in [3.05, 3.63) is 0 Å². The standard InChI is InChI=1S/C10H19N3O3/c1-7(11)2-3-9(14)13-4-5-16-6-8(13)10(12)15/h7-8H,2-6,11H2,1H3,(H2,12,15). The minimum atomic E-state index is -0.630. The van der Waals surface area contributed by atoms with Crippen molar-refractivity contribution in [2.75, 3.05) is 19.8 Å². The highest BCUT2D eigenvalue weighted by molar-refractivity contribution is 5.86. The van der Waals surface area contributed by atoms with Crippen LogP contribution in [0, 0.1) is 0 Å². The van der Waals surface area contributed by atoms with Crippen LogP contribution in [0.3, 0.4) is 0 Å². The zero-order chi connectivity index (χ0) is 12.1. The number of rotatable bonds is 4. The fourth-order valence-corrected chi connectivity index (χ4v) is 1.63. The summed E-state index contributed by atoms with van der Waals surface area (Å²) in [6, 6.07) is -0.647. The summed E-state index contributed by atoms with van der Waals surface area (Å²) in [7, 11) is 0. The lowest BCUT2D eigenvalue weighted by molar-refractivity contribution is -0.147. The van der Waals surface area contributed by atoms with Crippen molar-refractivity contribution in [3.63, 3.8) is 0 Å². The molecule has 1 fully saturated rings. The number of hydrogen-bond acceptors (Lipinski definition) is 4. The molecule has 1 heterocycles. The van der Waals surface area contributed by atoms with E-state index in [0.717, 1.165) is 0 Å². The summed E-state index contributed by atoms with van der Waals surface area (Å²) >= 11 is 0. The van der Waals surface area contributed by atoms with Gasteiger partial charge < -0.3 is 21.1 Å². The van der Waals surface area contributed by atoms with Crippen LogP contribution in [0.15, 0.2) is 0 Å². The van der Waals surface area contributed by atoms with Crippen molar-refractivity contribution >= 4 is 11.8 Å². The van der Waals surface area contributed by atoms with Gasteiger partial charge in [-0.3, -0.25) is 9.59 Å². The van der Waals surface area contributed by atoms with Gasteiger partial charge in [-0.25, -0.2) is 0 Å². The Morgan fingerprint density at radius 3 is 2.81 bits per heavy atom. The summed E-state index contributed by atoms with van der Waals surface area (Å²) in [6.07, 6.45) is 0.961. The highest BCUT2D eigenvalue weighted by Gasteiger charge is 2.30. The fourth-order valence-electron chi connectivity index (χ4n) is 1.63. The Bertz CT molecular complexity index is 268. The molecule has 2 amide bonds. The molecule has 0 bridgehead atoms. The second-order valence-electron chi connectivity index (χ2n) is 4.10. The molecule has 0 spiro atoms. The van der Waals surface area contributed by atoms with Crippen LogP contribution < -0.4 is 11.5 Å². The van der Waals surface area contributed by atoms with Crippen LogP contribution in [0.2, 0.25) is 0 Å².